The van der Waals surface area contributed by atoms with Crippen LogP contribution < -0.4 is 5.32 Å². The number of hydrogen-bond donors (Lipinski definition) is 2. The molecule has 0 spiro atoms. The Morgan fingerprint density at radius 2 is 2.23 bits per heavy atom. The molecule has 0 saturated carbocycles. The number of carbonyl (C=O) groups excluding carboxylic acids is 1. The second-order valence-corrected chi connectivity index (χ2v) is 2.91. The molecule has 0 aromatic rings. The van der Waals surface area contributed by atoms with Gasteiger partial charge in [-0.15, -0.1) is 6.58 Å². The van der Waals surface area contributed by atoms with Crippen molar-refractivity contribution in [1.29, 1.82) is 0 Å². The Labute approximate surface area is 76.0 Å². The molecule has 2 N–H and O–H groups in total. The number of rotatable bonds is 3. The van der Waals surface area contributed by atoms with E-state index in [0.717, 1.165) is 0 Å². The van der Waals surface area contributed by atoms with Crippen molar-refractivity contribution in [2.24, 2.45) is 5.92 Å². The van der Waals surface area contributed by atoms with Gasteiger partial charge in [0, 0.05) is 19.6 Å². The van der Waals surface area contributed by atoms with E-state index in [0.29, 0.717) is 19.6 Å². The van der Waals surface area contributed by atoms with Crippen molar-refractivity contribution in [1.82, 2.24) is 10.2 Å². The summed E-state index contributed by atoms with van der Waals surface area (Å²) in [6.07, 6.45) is 1.58. The summed E-state index contributed by atoms with van der Waals surface area (Å²) < 4.78 is 0. The van der Waals surface area contributed by atoms with Crippen molar-refractivity contribution >= 4 is 12.0 Å². The number of carboxylic acid groups (broad SMARTS) is 1. The smallest absolute Gasteiger partial charge is 0.317 e. The molecule has 72 valence electrons. The number of carboxylic acids is 1. The number of amides is 2. The number of aliphatic carboxylic acids is 1. The Balaban J connectivity index is 2.22. The van der Waals surface area contributed by atoms with Crippen LogP contribution in [-0.4, -0.2) is 41.6 Å². The molecule has 13 heavy (non-hydrogen) atoms. The minimum absolute atomic E-state index is 0.225. The van der Waals surface area contributed by atoms with E-state index in [-0.39, 0.29) is 6.03 Å². The topological polar surface area (TPSA) is 69.6 Å². The summed E-state index contributed by atoms with van der Waals surface area (Å²) in [5, 5.41) is 11.1. The van der Waals surface area contributed by atoms with Gasteiger partial charge in [0.1, 0.15) is 0 Å². The van der Waals surface area contributed by atoms with Crippen molar-refractivity contribution < 1.29 is 14.7 Å². The van der Waals surface area contributed by atoms with E-state index in [2.05, 4.69) is 11.9 Å². The molecule has 0 atom stereocenters. The number of hydrogen-bond acceptors (Lipinski definition) is 2. The summed E-state index contributed by atoms with van der Waals surface area (Å²) in [6, 6.07) is -0.225. The standard InChI is InChI=1S/C8H12N2O3/c1-2-3-9-8(13)10-4-6(5-10)7(11)12/h2,6H,1,3-5H2,(H,9,13)(H,11,12). The number of carbonyl (C=O) groups is 2. The summed E-state index contributed by atoms with van der Waals surface area (Å²) in [5.74, 6) is -1.23. The summed E-state index contributed by atoms with van der Waals surface area (Å²) in [4.78, 5) is 23.0. The van der Waals surface area contributed by atoms with Crippen LogP contribution in [-0.2, 0) is 4.79 Å². The van der Waals surface area contributed by atoms with E-state index in [1.165, 1.54) is 4.90 Å². The van der Waals surface area contributed by atoms with E-state index in [1.54, 1.807) is 6.08 Å². The van der Waals surface area contributed by atoms with Gasteiger partial charge in [0.2, 0.25) is 0 Å². The van der Waals surface area contributed by atoms with Crippen LogP contribution in [0.2, 0.25) is 0 Å². The lowest BCUT2D eigenvalue weighted by atomic mass is 10.0. The van der Waals surface area contributed by atoms with Gasteiger partial charge in [-0.3, -0.25) is 4.79 Å². The van der Waals surface area contributed by atoms with Crippen LogP contribution in [0.3, 0.4) is 0 Å². The fraction of sp³-hybridized carbons (Fsp3) is 0.500. The highest BCUT2D eigenvalue weighted by molar-refractivity contribution is 5.79. The largest absolute Gasteiger partial charge is 0.481 e. The Morgan fingerprint density at radius 3 is 2.69 bits per heavy atom. The lowest BCUT2D eigenvalue weighted by Crippen LogP contribution is -2.56. The molecule has 0 radical (unpaired) electrons. The molecule has 1 aliphatic rings. The maximum atomic E-state index is 11.1. The van der Waals surface area contributed by atoms with Crippen molar-refractivity contribution in [3.05, 3.63) is 12.7 Å². The minimum atomic E-state index is -0.840. The predicted octanol–water partition coefficient (Wildman–Crippen LogP) is -0.102. The maximum Gasteiger partial charge on any atom is 0.317 e. The lowest BCUT2D eigenvalue weighted by molar-refractivity contribution is -0.146. The minimum Gasteiger partial charge on any atom is -0.481 e. The molecule has 2 amide bonds. The first-order valence-electron chi connectivity index (χ1n) is 4.01. The van der Waals surface area contributed by atoms with E-state index < -0.39 is 11.9 Å². The molecule has 1 heterocycles. The highest BCUT2D eigenvalue weighted by Crippen LogP contribution is 2.14. The Morgan fingerprint density at radius 1 is 1.62 bits per heavy atom. The molecular formula is C8H12N2O3. The summed E-state index contributed by atoms with van der Waals surface area (Å²) in [7, 11) is 0. The monoisotopic (exact) mass is 184 g/mol. The molecule has 1 aliphatic heterocycles. The summed E-state index contributed by atoms with van der Waals surface area (Å²) in [6.45, 7) is 4.47. The van der Waals surface area contributed by atoms with Crippen LogP contribution in [0.4, 0.5) is 4.79 Å². The van der Waals surface area contributed by atoms with Crippen molar-refractivity contribution in [3.63, 3.8) is 0 Å². The van der Waals surface area contributed by atoms with E-state index in [4.69, 9.17) is 5.11 Å². The van der Waals surface area contributed by atoms with Gasteiger partial charge in [0.25, 0.3) is 0 Å². The van der Waals surface area contributed by atoms with Crippen molar-refractivity contribution in [3.8, 4) is 0 Å². The normalized spacial score (nSPS) is 16.2. The lowest BCUT2D eigenvalue weighted by Gasteiger charge is -2.36. The highest BCUT2D eigenvalue weighted by atomic mass is 16.4. The van der Waals surface area contributed by atoms with Gasteiger partial charge < -0.3 is 15.3 Å². The van der Waals surface area contributed by atoms with E-state index >= 15 is 0 Å². The zero-order valence-electron chi connectivity index (χ0n) is 7.19. The van der Waals surface area contributed by atoms with Crippen molar-refractivity contribution in [2.45, 2.75) is 0 Å². The van der Waals surface area contributed by atoms with Crippen LogP contribution >= 0.6 is 0 Å². The Kier molecular flexibility index (Phi) is 2.89. The third kappa shape index (κ3) is 2.21. The SMILES string of the molecule is C=CCNC(=O)N1CC(C(=O)O)C1. The van der Waals surface area contributed by atoms with Gasteiger partial charge in [-0.05, 0) is 0 Å². The fourth-order valence-electron chi connectivity index (χ4n) is 1.07. The zero-order chi connectivity index (χ0) is 9.84. The second kappa shape index (κ2) is 3.93. The molecule has 0 bridgehead atoms. The first-order valence-corrected chi connectivity index (χ1v) is 4.01. The fourth-order valence-corrected chi connectivity index (χ4v) is 1.07. The average molecular weight is 184 g/mol. The van der Waals surface area contributed by atoms with Gasteiger partial charge in [0.05, 0.1) is 5.92 Å². The molecule has 5 heteroatoms. The zero-order valence-corrected chi connectivity index (χ0v) is 7.19. The predicted molar refractivity (Wildman–Crippen MR) is 46.3 cm³/mol. The van der Waals surface area contributed by atoms with Gasteiger partial charge in [-0.1, -0.05) is 6.08 Å². The molecule has 1 saturated heterocycles. The van der Waals surface area contributed by atoms with E-state index in [1.807, 2.05) is 0 Å². The van der Waals surface area contributed by atoms with Crippen LogP contribution in [0.15, 0.2) is 12.7 Å². The van der Waals surface area contributed by atoms with Gasteiger partial charge in [-0.25, -0.2) is 4.79 Å². The number of likely N-dealkylation sites (tertiary alicyclic amines) is 1. The first kappa shape index (κ1) is 9.57. The molecular weight excluding hydrogens is 172 g/mol. The van der Waals surface area contributed by atoms with Gasteiger partial charge in [0.15, 0.2) is 0 Å². The Bertz CT molecular complexity index is 234. The van der Waals surface area contributed by atoms with Crippen LogP contribution in [0.25, 0.3) is 0 Å². The Hall–Kier alpha value is -1.52. The highest BCUT2D eigenvalue weighted by Gasteiger charge is 2.35. The third-order valence-corrected chi connectivity index (χ3v) is 1.92. The molecule has 0 aromatic carbocycles. The molecule has 1 fully saturated rings. The molecule has 5 nitrogen and oxygen atoms in total. The third-order valence-electron chi connectivity index (χ3n) is 1.92. The molecule has 0 unspecified atom stereocenters. The molecule has 0 aromatic heterocycles. The summed E-state index contributed by atoms with van der Waals surface area (Å²) in [5.41, 5.74) is 0. The number of nitrogens with one attached hydrogen (secondary N) is 1. The van der Waals surface area contributed by atoms with Crippen LogP contribution in [0.1, 0.15) is 0 Å². The maximum absolute atomic E-state index is 11.1. The summed E-state index contributed by atoms with van der Waals surface area (Å²) >= 11 is 0. The van der Waals surface area contributed by atoms with E-state index in [9.17, 15) is 9.59 Å². The molecule has 1 rings (SSSR count). The number of urea groups is 1. The number of nitrogens with zero attached hydrogens (tertiary/aromatic N) is 1. The van der Waals surface area contributed by atoms with Crippen LogP contribution in [0, 0.1) is 5.92 Å². The van der Waals surface area contributed by atoms with Gasteiger partial charge >= 0.3 is 12.0 Å². The average Bonchev–Trinajstić information content (AvgIpc) is 1.97. The molecule has 0 aliphatic carbocycles. The van der Waals surface area contributed by atoms with Crippen LogP contribution in [0.5, 0.6) is 0 Å². The first-order chi connectivity index (χ1) is 6.15. The van der Waals surface area contributed by atoms with Crippen molar-refractivity contribution in [2.75, 3.05) is 19.6 Å². The second-order valence-electron chi connectivity index (χ2n) is 2.91. The quantitative estimate of drug-likeness (QED) is 0.602. The van der Waals surface area contributed by atoms with Gasteiger partial charge in [-0.2, -0.15) is 0 Å².